The first-order chi connectivity index (χ1) is 14.2. The Morgan fingerprint density at radius 3 is 2.38 bits per heavy atom. The normalized spacial score (nSPS) is 18.3. The van der Waals surface area contributed by atoms with Crippen LogP contribution in [0, 0.1) is 0 Å². The van der Waals surface area contributed by atoms with Gasteiger partial charge in [0.15, 0.2) is 0 Å². The Morgan fingerprint density at radius 1 is 1.03 bits per heavy atom. The Hall–Kier alpha value is -3.67. The number of nitrogens with one attached hydrogen (secondary N) is 1. The van der Waals surface area contributed by atoms with Gasteiger partial charge in [0.2, 0.25) is 6.33 Å². The quantitative estimate of drug-likeness (QED) is 0.295. The number of aliphatic hydroxyl groups is 1. The van der Waals surface area contributed by atoms with Gasteiger partial charge in [-0.2, -0.15) is 0 Å². The van der Waals surface area contributed by atoms with Crippen LogP contribution in [0.3, 0.4) is 0 Å². The number of amides is 1. The molecule has 2 heterocycles. The van der Waals surface area contributed by atoms with Crippen LogP contribution in [0.5, 0.6) is 0 Å². The Kier molecular flexibility index (Phi) is 5.24. The van der Waals surface area contributed by atoms with Crippen LogP contribution in [0.15, 0.2) is 85.0 Å². The number of rotatable bonds is 6. The first-order valence-electron chi connectivity index (χ1n) is 9.57. The number of nitrogens with zero attached hydrogens (tertiary/aromatic N) is 2. The minimum Gasteiger partial charge on any atom is -0.507 e. The fraction of sp³-hybridized carbons (Fsp3) is 0.174. The van der Waals surface area contributed by atoms with Crippen LogP contribution in [0.25, 0.3) is 5.76 Å². The Labute approximate surface area is 168 Å². The summed E-state index contributed by atoms with van der Waals surface area (Å²) >= 11 is 0. The molecule has 29 heavy (non-hydrogen) atoms. The summed E-state index contributed by atoms with van der Waals surface area (Å²) in [6.07, 6.45) is 6.27. The van der Waals surface area contributed by atoms with Gasteiger partial charge in [0.05, 0.1) is 18.2 Å². The number of carbonyl (C=O) groups excluding carboxylic acids is 2. The van der Waals surface area contributed by atoms with Crippen molar-refractivity contribution in [2.45, 2.75) is 19.0 Å². The lowest BCUT2D eigenvalue weighted by molar-refractivity contribution is -0.695. The highest BCUT2D eigenvalue weighted by atomic mass is 16.3. The summed E-state index contributed by atoms with van der Waals surface area (Å²) < 4.78 is 1.98. The van der Waals surface area contributed by atoms with Crippen molar-refractivity contribution in [1.29, 1.82) is 0 Å². The summed E-state index contributed by atoms with van der Waals surface area (Å²) in [5, 5.41) is 10.9. The van der Waals surface area contributed by atoms with Gasteiger partial charge >= 0.3 is 0 Å². The topological polar surface area (TPSA) is 77.3 Å². The number of aryl methyl sites for hydroxylation is 1. The zero-order chi connectivity index (χ0) is 20.2. The number of aliphatic hydroxyl groups excluding tert-OH is 1. The van der Waals surface area contributed by atoms with Crippen LogP contribution in [0.1, 0.15) is 23.6 Å². The lowest BCUT2D eigenvalue weighted by Gasteiger charge is -2.25. The first-order valence-corrected chi connectivity index (χ1v) is 9.57. The predicted molar refractivity (Wildman–Crippen MR) is 107 cm³/mol. The van der Waals surface area contributed by atoms with E-state index in [0.717, 1.165) is 5.56 Å². The molecule has 1 aliphatic rings. The van der Waals surface area contributed by atoms with Crippen LogP contribution in [-0.4, -0.2) is 33.2 Å². The average Bonchev–Trinajstić information content (AvgIpc) is 3.37. The van der Waals surface area contributed by atoms with Crippen molar-refractivity contribution in [3.63, 3.8) is 0 Å². The fourth-order valence-corrected chi connectivity index (χ4v) is 3.73. The van der Waals surface area contributed by atoms with Crippen molar-refractivity contribution in [2.24, 2.45) is 0 Å². The number of aromatic amines is 1. The molecule has 4 rings (SSSR count). The summed E-state index contributed by atoms with van der Waals surface area (Å²) in [6, 6.07) is 17.6. The third kappa shape index (κ3) is 3.69. The Morgan fingerprint density at radius 2 is 1.72 bits per heavy atom. The minimum atomic E-state index is -0.644. The maximum atomic E-state index is 12.9. The standard InChI is InChI=1S/C23H21N3O3/c27-21(18-10-5-2-6-11-18)19-20(17-8-3-1-4-9-17)26(23(29)22(19)28)14-7-13-25-15-12-24-16-25/h1-6,8-12,15-16,20H,7,13-14H2,(H,27,28)/p+1. The van der Waals surface area contributed by atoms with Crippen LogP contribution in [-0.2, 0) is 16.1 Å². The summed E-state index contributed by atoms with van der Waals surface area (Å²) in [7, 11) is 0. The highest BCUT2D eigenvalue weighted by molar-refractivity contribution is 6.46. The number of carbonyl (C=O) groups is 2. The Balaban J connectivity index is 1.70. The number of hydrogen-bond acceptors (Lipinski definition) is 3. The van der Waals surface area contributed by atoms with Crippen molar-refractivity contribution >= 4 is 17.4 Å². The molecule has 0 radical (unpaired) electrons. The lowest BCUT2D eigenvalue weighted by atomic mass is 9.95. The molecule has 0 aliphatic carbocycles. The number of benzene rings is 2. The number of Topliss-reactive ketones (excluding diaryl/α,β-unsaturated/α-hetero) is 1. The zero-order valence-electron chi connectivity index (χ0n) is 15.9. The average molecular weight is 388 g/mol. The molecule has 1 aliphatic heterocycles. The molecular weight excluding hydrogens is 366 g/mol. The van der Waals surface area contributed by atoms with Gasteiger partial charge in [-0.3, -0.25) is 14.6 Å². The molecule has 1 amide bonds. The molecule has 1 fully saturated rings. The molecule has 6 nitrogen and oxygen atoms in total. The van der Waals surface area contributed by atoms with Gasteiger partial charge in [0.25, 0.3) is 11.7 Å². The first kappa shape index (κ1) is 18.7. The smallest absolute Gasteiger partial charge is 0.295 e. The molecule has 6 heteroatoms. The van der Waals surface area contributed by atoms with Crippen LogP contribution < -0.4 is 4.57 Å². The second-order valence-electron chi connectivity index (χ2n) is 6.97. The van der Waals surface area contributed by atoms with Gasteiger partial charge in [-0.05, 0) is 5.56 Å². The second kappa shape index (κ2) is 8.14. The molecule has 1 atom stereocenters. The zero-order valence-corrected chi connectivity index (χ0v) is 15.9. The highest BCUT2D eigenvalue weighted by Gasteiger charge is 2.45. The molecule has 146 valence electrons. The van der Waals surface area contributed by atoms with E-state index in [0.29, 0.717) is 25.1 Å². The van der Waals surface area contributed by atoms with E-state index in [2.05, 4.69) is 4.98 Å². The molecule has 1 aromatic heterocycles. The van der Waals surface area contributed by atoms with Gasteiger partial charge in [-0.25, -0.2) is 4.57 Å². The molecule has 0 bridgehead atoms. The van der Waals surface area contributed by atoms with Crippen LogP contribution in [0.4, 0.5) is 0 Å². The number of ketones is 1. The lowest BCUT2D eigenvalue weighted by Crippen LogP contribution is -2.36. The van der Waals surface area contributed by atoms with E-state index < -0.39 is 17.7 Å². The molecule has 0 saturated carbocycles. The number of imidazole rings is 1. The van der Waals surface area contributed by atoms with E-state index in [-0.39, 0.29) is 11.3 Å². The monoisotopic (exact) mass is 388 g/mol. The fourth-order valence-electron chi connectivity index (χ4n) is 3.73. The SMILES string of the molecule is O=C1C(=O)N(CCC[n+]2cc[nH]c2)C(c2ccccc2)/C1=C(\O)c1ccccc1. The van der Waals surface area contributed by atoms with Gasteiger partial charge in [-0.15, -0.1) is 0 Å². The second-order valence-corrected chi connectivity index (χ2v) is 6.97. The molecule has 3 aromatic rings. The van der Waals surface area contributed by atoms with Crippen molar-refractivity contribution < 1.29 is 19.3 Å². The number of aromatic nitrogens is 2. The van der Waals surface area contributed by atoms with Crippen molar-refractivity contribution in [2.75, 3.05) is 6.54 Å². The number of hydrogen-bond donors (Lipinski definition) is 2. The number of H-pyrrole nitrogens is 1. The summed E-state index contributed by atoms with van der Waals surface area (Å²) in [6.45, 7) is 1.13. The molecule has 2 N–H and O–H groups in total. The maximum Gasteiger partial charge on any atom is 0.295 e. The molecule has 0 spiro atoms. The van der Waals surface area contributed by atoms with Gasteiger partial charge < -0.3 is 10.0 Å². The van der Waals surface area contributed by atoms with Crippen molar-refractivity contribution in [3.05, 3.63) is 96.1 Å². The molecular formula is C23H22N3O3+. The Bertz CT molecular complexity index is 1030. The third-order valence-electron chi connectivity index (χ3n) is 5.12. The van der Waals surface area contributed by atoms with Gasteiger partial charge in [-0.1, -0.05) is 60.7 Å². The molecule has 1 saturated heterocycles. The summed E-state index contributed by atoms with van der Waals surface area (Å²) in [5.74, 6) is -1.36. The van der Waals surface area contributed by atoms with Crippen LogP contribution >= 0.6 is 0 Å². The van der Waals surface area contributed by atoms with E-state index in [1.165, 1.54) is 0 Å². The van der Waals surface area contributed by atoms with E-state index in [9.17, 15) is 14.7 Å². The largest absolute Gasteiger partial charge is 0.507 e. The summed E-state index contributed by atoms with van der Waals surface area (Å²) in [4.78, 5) is 30.3. The molecule has 1 unspecified atom stereocenters. The highest BCUT2D eigenvalue weighted by Crippen LogP contribution is 2.39. The van der Waals surface area contributed by atoms with E-state index >= 15 is 0 Å². The maximum absolute atomic E-state index is 12.9. The van der Waals surface area contributed by atoms with Crippen molar-refractivity contribution in [3.8, 4) is 0 Å². The molecule has 2 aromatic carbocycles. The number of likely N-dealkylation sites (tertiary alicyclic amines) is 1. The van der Waals surface area contributed by atoms with Gasteiger partial charge in [0, 0.05) is 18.5 Å². The van der Waals surface area contributed by atoms with E-state index in [1.54, 1.807) is 29.2 Å². The third-order valence-corrected chi connectivity index (χ3v) is 5.12. The predicted octanol–water partition coefficient (Wildman–Crippen LogP) is 2.81. The van der Waals surface area contributed by atoms with Crippen LogP contribution in [0.2, 0.25) is 0 Å². The summed E-state index contributed by atoms with van der Waals surface area (Å²) in [5.41, 5.74) is 1.47. The van der Waals surface area contributed by atoms with E-state index in [4.69, 9.17) is 0 Å². The van der Waals surface area contributed by atoms with E-state index in [1.807, 2.05) is 59.7 Å². The van der Waals surface area contributed by atoms with Crippen molar-refractivity contribution in [1.82, 2.24) is 9.88 Å². The minimum absolute atomic E-state index is 0.139. The van der Waals surface area contributed by atoms with Gasteiger partial charge in [0.1, 0.15) is 18.2 Å².